The van der Waals surface area contributed by atoms with Crippen molar-refractivity contribution in [1.29, 1.82) is 0 Å². The Balaban J connectivity index is 1.48. The van der Waals surface area contributed by atoms with Crippen LogP contribution in [0.5, 0.6) is 17.2 Å². The lowest BCUT2D eigenvalue weighted by molar-refractivity contribution is -0.140. The number of likely N-dealkylation sites (tertiary alicyclic amines) is 1. The molecule has 2 saturated heterocycles. The molecule has 238 valence electrons. The molecule has 3 aromatic carbocycles. The number of hydrogen-bond acceptors (Lipinski definition) is 8. The van der Waals surface area contributed by atoms with E-state index in [-0.39, 0.29) is 11.3 Å². The summed E-state index contributed by atoms with van der Waals surface area (Å²) >= 11 is 0. The summed E-state index contributed by atoms with van der Waals surface area (Å²) in [4.78, 5) is 31.1. The highest BCUT2D eigenvalue weighted by molar-refractivity contribution is 6.46. The first kappa shape index (κ1) is 32.1. The average molecular weight is 615 g/mol. The second kappa shape index (κ2) is 15.1. The van der Waals surface area contributed by atoms with Crippen molar-refractivity contribution in [2.45, 2.75) is 39.3 Å². The van der Waals surface area contributed by atoms with Crippen LogP contribution in [-0.4, -0.2) is 79.7 Å². The highest BCUT2D eigenvalue weighted by Gasteiger charge is 2.46. The molecule has 2 aliphatic heterocycles. The second-order valence-corrected chi connectivity index (χ2v) is 11.3. The summed E-state index contributed by atoms with van der Waals surface area (Å²) in [6.07, 6.45) is 1.54. The molecule has 0 saturated carbocycles. The zero-order valence-corrected chi connectivity index (χ0v) is 26.3. The van der Waals surface area contributed by atoms with Crippen LogP contribution in [0.25, 0.3) is 5.76 Å². The number of carbonyl (C=O) groups is 2. The third-order valence-electron chi connectivity index (χ3n) is 8.17. The van der Waals surface area contributed by atoms with E-state index in [1.54, 1.807) is 42.3 Å². The van der Waals surface area contributed by atoms with Crippen molar-refractivity contribution in [1.82, 2.24) is 9.80 Å². The number of rotatable bonds is 13. The van der Waals surface area contributed by atoms with Gasteiger partial charge in [0.2, 0.25) is 0 Å². The van der Waals surface area contributed by atoms with Crippen LogP contribution in [-0.2, 0) is 20.9 Å². The number of carbonyl (C=O) groups excluding carboxylic acids is 2. The van der Waals surface area contributed by atoms with Gasteiger partial charge in [-0.1, -0.05) is 43.3 Å². The molecule has 9 heteroatoms. The minimum absolute atomic E-state index is 0.0491. The Kier molecular flexibility index (Phi) is 10.8. The number of Topliss-reactive ketones (excluding diaryl/α,β-unsaturated/α-hetero) is 1. The number of aliphatic hydroxyl groups excluding tert-OH is 1. The average Bonchev–Trinajstić information content (AvgIpc) is 3.32. The molecule has 45 heavy (non-hydrogen) atoms. The van der Waals surface area contributed by atoms with Crippen LogP contribution in [0.15, 0.2) is 72.3 Å². The van der Waals surface area contributed by atoms with Gasteiger partial charge in [0.25, 0.3) is 11.7 Å². The maximum atomic E-state index is 13.6. The fourth-order valence-electron chi connectivity index (χ4n) is 5.78. The van der Waals surface area contributed by atoms with Crippen molar-refractivity contribution in [3.05, 3.63) is 94.6 Å². The number of aliphatic hydroxyl groups is 1. The first-order valence-corrected chi connectivity index (χ1v) is 15.6. The number of ether oxygens (including phenoxy) is 4. The smallest absolute Gasteiger partial charge is 0.295 e. The summed E-state index contributed by atoms with van der Waals surface area (Å²) in [5.74, 6) is 0.151. The lowest BCUT2D eigenvalue weighted by Gasteiger charge is -2.29. The zero-order chi connectivity index (χ0) is 31.8. The fraction of sp³-hybridized carbons (Fsp3) is 0.389. The van der Waals surface area contributed by atoms with E-state index in [1.165, 1.54) is 0 Å². The van der Waals surface area contributed by atoms with Gasteiger partial charge in [-0.15, -0.1) is 0 Å². The van der Waals surface area contributed by atoms with Crippen LogP contribution in [0.1, 0.15) is 48.1 Å². The maximum Gasteiger partial charge on any atom is 0.295 e. The SMILES string of the molecule is CCCOc1ccc(C(O)=C2C(=O)C(=O)N(CCCN3CCOCC3)C2c2ccc(OCc3ccccc3)c(OC)c2)cc1C. The highest BCUT2D eigenvalue weighted by Crippen LogP contribution is 2.42. The molecule has 9 nitrogen and oxygen atoms in total. The number of ketones is 1. The number of aryl methyl sites for hydroxylation is 1. The van der Waals surface area contributed by atoms with Crippen molar-refractivity contribution in [3.8, 4) is 17.2 Å². The minimum Gasteiger partial charge on any atom is -0.507 e. The number of amides is 1. The van der Waals surface area contributed by atoms with Gasteiger partial charge in [-0.25, -0.2) is 0 Å². The second-order valence-electron chi connectivity index (χ2n) is 11.3. The molecular formula is C36H42N2O7. The van der Waals surface area contributed by atoms with Gasteiger partial charge in [0, 0.05) is 31.7 Å². The van der Waals surface area contributed by atoms with E-state index in [0.717, 1.165) is 37.2 Å². The summed E-state index contributed by atoms with van der Waals surface area (Å²) in [6, 6.07) is 19.7. The Hall–Kier alpha value is -4.34. The van der Waals surface area contributed by atoms with E-state index < -0.39 is 17.7 Å². The lowest BCUT2D eigenvalue weighted by atomic mass is 9.94. The Morgan fingerprint density at radius 1 is 0.933 bits per heavy atom. The molecule has 2 aliphatic rings. The molecule has 3 aromatic rings. The van der Waals surface area contributed by atoms with E-state index in [2.05, 4.69) is 4.90 Å². The van der Waals surface area contributed by atoms with E-state index in [1.807, 2.05) is 50.2 Å². The molecule has 1 amide bonds. The highest BCUT2D eigenvalue weighted by atomic mass is 16.5. The van der Waals surface area contributed by atoms with Crippen molar-refractivity contribution in [3.63, 3.8) is 0 Å². The monoisotopic (exact) mass is 614 g/mol. The largest absolute Gasteiger partial charge is 0.507 e. The molecule has 2 heterocycles. The van der Waals surface area contributed by atoms with E-state index >= 15 is 0 Å². The molecule has 1 atom stereocenters. The lowest BCUT2D eigenvalue weighted by Crippen LogP contribution is -2.39. The third-order valence-corrected chi connectivity index (χ3v) is 8.17. The summed E-state index contributed by atoms with van der Waals surface area (Å²) in [5.41, 5.74) is 2.98. The molecule has 0 aromatic heterocycles. The summed E-state index contributed by atoms with van der Waals surface area (Å²) in [7, 11) is 1.55. The molecule has 0 spiro atoms. The Bertz CT molecular complexity index is 1520. The van der Waals surface area contributed by atoms with Crippen LogP contribution in [0.4, 0.5) is 0 Å². The van der Waals surface area contributed by atoms with Gasteiger partial charge >= 0.3 is 0 Å². The number of morpholine rings is 1. The van der Waals surface area contributed by atoms with Crippen molar-refractivity contribution in [2.75, 3.05) is 53.1 Å². The van der Waals surface area contributed by atoms with E-state index in [9.17, 15) is 14.7 Å². The number of methoxy groups -OCH3 is 1. The van der Waals surface area contributed by atoms with Crippen LogP contribution < -0.4 is 14.2 Å². The van der Waals surface area contributed by atoms with E-state index in [4.69, 9.17) is 18.9 Å². The van der Waals surface area contributed by atoms with Gasteiger partial charge in [-0.3, -0.25) is 14.5 Å². The molecule has 1 N–H and O–H groups in total. The van der Waals surface area contributed by atoms with Gasteiger partial charge in [0.05, 0.1) is 38.5 Å². The van der Waals surface area contributed by atoms with Crippen molar-refractivity contribution < 1.29 is 33.6 Å². The van der Waals surface area contributed by atoms with Gasteiger partial charge in [0.15, 0.2) is 11.5 Å². The predicted molar refractivity (Wildman–Crippen MR) is 172 cm³/mol. The summed E-state index contributed by atoms with van der Waals surface area (Å²) < 4.78 is 23.0. The Morgan fingerprint density at radius 2 is 1.69 bits per heavy atom. The first-order valence-electron chi connectivity index (χ1n) is 15.6. The van der Waals surface area contributed by atoms with Gasteiger partial charge in [-0.2, -0.15) is 0 Å². The van der Waals surface area contributed by atoms with E-state index in [0.29, 0.717) is 67.8 Å². The minimum atomic E-state index is -0.803. The van der Waals surface area contributed by atoms with Crippen LogP contribution >= 0.6 is 0 Å². The summed E-state index contributed by atoms with van der Waals surface area (Å²) in [6.45, 7) is 9.02. The third kappa shape index (κ3) is 7.49. The topological polar surface area (TPSA) is 97.8 Å². The van der Waals surface area contributed by atoms with Gasteiger partial charge in [-0.05, 0) is 66.8 Å². The molecule has 0 bridgehead atoms. The van der Waals surface area contributed by atoms with Crippen LogP contribution in [0.3, 0.4) is 0 Å². The standard InChI is InChI=1S/C36H42N2O7/c1-4-19-44-29-13-12-28(22-25(29)2)34(39)32-33(38(36(41)35(32)40)16-8-15-37-17-20-43-21-18-37)27-11-14-30(31(23-27)42-3)45-24-26-9-6-5-7-10-26/h5-7,9-14,22-23,33,39H,4,8,15-21,24H2,1-3H3. The quantitative estimate of drug-likeness (QED) is 0.153. The molecule has 0 aliphatic carbocycles. The Morgan fingerprint density at radius 3 is 2.40 bits per heavy atom. The molecule has 2 fully saturated rings. The number of hydrogen-bond donors (Lipinski definition) is 1. The van der Waals surface area contributed by atoms with Gasteiger partial charge in [0.1, 0.15) is 18.1 Å². The van der Waals surface area contributed by atoms with Crippen LogP contribution in [0, 0.1) is 6.92 Å². The van der Waals surface area contributed by atoms with Gasteiger partial charge < -0.3 is 29.0 Å². The molecular weight excluding hydrogens is 572 g/mol. The number of benzene rings is 3. The zero-order valence-electron chi connectivity index (χ0n) is 26.3. The normalized spacial score (nSPS) is 18.3. The summed E-state index contributed by atoms with van der Waals surface area (Å²) in [5, 5.41) is 11.6. The fourth-order valence-corrected chi connectivity index (χ4v) is 5.78. The number of nitrogens with zero attached hydrogens (tertiary/aromatic N) is 2. The predicted octanol–water partition coefficient (Wildman–Crippen LogP) is 5.52. The van der Waals surface area contributed by atoms with Crippen molar-refractivity contribution >= 4 is 17.4 Å². The molecule has 5 rings (SSSR count). The maximum absolute atomic E-state index is 13.6. The van der Waals surface area contributed by atoms with Crippen LogP contribution in [0.2, 0.25) is 0 Å². The Labute approximate surface area is 265 Å². The molecule has 1 unspecified atom stereocenters. The first-order chi connectivity index (χ1) is 21.9. The van der Waals surface area contributed by atoms with Crippen molar-refractivity contribution in [2.24, 2.45) is 0 Å². The molecule has 0 radical (unpaired) electrons.